The molecule has 44 heavy (non-hydrogen) atoms. The Morgan fingerprint density at radius 3 is 2.18 bits per heavy atom. The lowest BCUT2D eigenvalue weighted by Gasteiger charge is -2.52. The highest BCUT2D eigenvalue weighted by atomic mass is 35.5. The molecular weight excluding hydrogens is 603 g/mol. The SMILES string of the molecule is O=C(Cc1ccc([N+](=O)[O-])cc1)N/N=C/C12c3ccccc3C(c3ccccc31)C1C(=O)N(c3ccc(Cl)cc3Cl)C(=O)C12. The first-order valence-electron chi connectivity index (χ1n) is 13.8. The summed E-state index contributed by atoms with van der Waals surface area (Å²) in [5.74, 6) is -3.18. The smallest absolute Gasteiger partial charge is 0.269 e. The average Bonchev–Trinajstić information content (AvgIpc) is 3.28. The van der Waals surface area contributed by atoms with Gasteiger partial charge in [-0.15, -0.1) is 0 Å². The largest absolute Gasteiger partial charge is 0.274 e. The molecule has 2 atom stereocenters. The number of carbonyl (C=O) groups excluding carboxylic acids is 3. The molecule has 4 aliphatic rings. The van der Waals surface area contributed by atoms with E-state index in [9.17, 15) is 24.5 Å². The van der Waals surface area contributed by atoms with Gasteiger partial charge in [-0.3, -0.25) is 24.5 Å². The quantitative estimate of drug-likeness (QED) is 0.126. The third kappa shape index (κ3) is 4.07. The van der Waals surface area contributed by atoms with Gasteiger partial charge in [-0.2, -0.15) is 5.10 Å². The summed E-state index contributed by atoms with van der Waals surface area (Å²) in [6, 6.07) is 25.7. The second-order valence-electron chi connectivity index (χ2n) is 11.0. The summed E-state index contributed by atoms with van der Waals surface area (Å²) in [5, 5.41) is 15.9. The van der Waals surface area contributed by atoms with Crippen LogP contribution in [0, 0.1) is 22.0 Å². The van der Waals surface area contributed by atoms with E-state index in [1.165, 1.54) is 30.3 Å². The Kier molecular flexibility index (Phi) is 6.60. The summed E-state index contributed by atoms with van der Waals surface area (Å²) in [6.07, 6.45) is 1.51. The summed E-state index contributed by atoms with van der Waals surface area (Å²) < 4.78 is 0. The molecule has 218 valence electrons. The topological polar surface area (TPSA) is 122 Å². The molecule has 1 fully saturated rings. The fraction of sp³-hybridized carbons (Fsp3) is 0.152. The van der Waals surface area contributed by atoms with E-state index in [4.69, 9.17) is 23.2 Å². The number of nitro groups is 1. The number of hydrogen-bond acceptors (Lipinski definition) is 6. The van der Waals surface area contributed by atoms with Crippen LogP contribution >= 0.6 is 23.2 Å². The van der Waals surface area contributed by atoms with Gasteiger partial charge < -0.3 is 0 Å². The molecule has 2 unspecified atom stereocenters. The number of benzene rings is 4. The summed E-state index contributed by atoms with van der Waals surface area (Å²) in [5.41, 5.74) is 5.66. The van der Waals surface area contributed by atoms with Gasteiger partial charge in [0.25, 0.3) is 5.69 Å². The van der Waals surface area contributed by atoms with Crippen molar-refractivity contribution in [2.75, 3.05) is 4.90 Å². The normalized spacial score (nSPS) is 23.0. The number of hydrogen-bond donors (Lipinski definition) is 1. The molecule has 1 heterocycles. The third-order valence-corrected chi connectivity index (χ3v) is 9.34. The Morgan fingerprint density at radius 2 is 1.57 bits per heavy atom. The monoisotopic (exact) mass is 624 g/mol. The highest BCUT2D eigenvalue weighted by Gasteiger charge is 2.68. The van der Waals surface area contributed by atoms with E-state index in [0.29, 0.717) is 10.6 Å². The van der Waals surface area contributed by atoms with Crippen molar-refractivity contribution in [1.29, 1.82) is 0 Å². The molecule has 3 aliphatic carbocycles. The van der Waals surface area contributed by atoms with Crippen LogP contribution < -0.4 is 10.3 Å². The van der Waals surface area contributed by atoms with Gasteiger partial charge in [-0.25, -0.2) is 10.3 Å². The molecule has 0 saturated carbocycles. The lowest BCUT2D eigenvalue weighted by molar-refractivity contribution is -0.384. The van der Waals surface area contributed by atoms with Crippen molar-refractivity contribution >= 4 is 58.5 Å². The van der Waals surface area contributed by atoms with Crippen molar-refractivity contribution in [2.24, 2.45) is 16.9 Å². The second kappa shape index (κ2) is 10.4. The van der Waals surface area contributed by atoms with E-state index < -0.39 is 34.0 Å². The van der Waals surface area contributed by atoms with Crippen molar-refractivity contribution in [3.8, 4) is 0 Å². The van der Waals surface area contributed by atoms with Crippen LogP contribution in [0.3, 0.4) is 0 Å². The Balaban J connectivity index is 1.31. The summed E-state index contributed by atoms with van der Waals surface area (Å²) >= 11 is 12.6. The number of amides is 3. The predicted molar refractivity (Wildman–Crippen MR) is 165 cm³/mol. The first-order valence-corrected chi connectivity index (χ1v) is 14.6. The van der Waals surface area contributed by atoms with E-state index in [1.807, 2.05) is 48.5 Å². The zero-order chi connectivity index (χ0) is 30.7. The molecule has 1 N–H and O–H groups in total. The van der Waals surface area contributed by atoms with Crippen LogP contribution in [0.4, 0.5) is 11.4 Å². The first-order chi connectivity index (χ1) is 21.2. The standard InChI is InChI=1S/C33H22Cl2N4O5/c34-19-11-14-26(25(35)16-19)38-31(41)29-28-21-5-1-3-7-23(21)33(30(29)32(38)42,24-8-4-2-6-22(24)28)17-36-37-27(40)15-18-9-12-20(13-10-18)39(43)44/h1-14,16-17,28-30H,15H2,(H,37,40)/b36-17+. The van der Waals surface area contributed by atoms with Crippen molar-refractivity contribution < 1.29 is 19.3 Å². The lowest BCUT2D eigenvalue weighted by atomic mass is 9.47. The fourth-order valence-electron chi connectivity index (χ4n) is 7.12. The number of nitrogens with zero attached hydrogens (tertiary/aromatic N) is 3. The molecule has 4 aromatic rings. The maximum absolute atomic E-state index is 14.4. The number of carbonyl (C=O) groups is 3. The average molecular weight is 625 g/mol. The highest BCUT2D eigenvalue weighted by Crippen LogP contribution is 2.63. The number of anilines is 1. The Labute approximate surface area is 261 Å². The van der Waals surface area contributed by atoms with Gasteiger partial charge in [0.1, 0.15) is 0 Å². The van der Waals surface area contributed by atoms with Crippen LogP contribution in [0.25, 0.3) is 0 Å². The number of rotatable bonds is 6. The maximum Gasteiger partial charge on any atom is 0.269 e. The van der Waals surface area contributed by atoms with Crippen LogP contribution in [0.2, 0.25) is 10.0 Å². The van der Waals surface area contributed by atoms with E-state index in [2.05, 4.69) is 10.5 Å². The summed E-state index contributed by atoms with van der Waals surface area (Å²) in [6.45, 7) is 0. The number of nitro benzene ring substituents is 1. The van der Waals surface area contributed by atoms with Crippen molar-refractivity contribution in [3.05, 3.63) is 139 Å². The zero-order valence-corrected chi connectivity index (χ0v) is 24.3. The van der Waals surface area contributed by atoms with Gasteiger partial charge in [0, 0.05) is 29.3 Å². The third-order valence-electron chi connectivity index (χ3n) is 8.80. The highest BCUT2D eigenvalue weighted by molar-refractivity contribution is 6.38. The van der Waals surface area contributed by atoms with Crippen LogP contribution in [0.1, 0.15) is 33.7 Å². The minimum atomic E-state index is -1.17. The lowest BCUT2D eigenvalue weighted by Crippen LogP contribution is -2.54. The minimum absolute atomic E-state index is 0.0656. The van der Waals surface area contributed by atoms with Gasteiger partial charge in [0.15, 0.2) is 0 Å². The Hall–Kier alpha value is -4.86. The summed E-state index contributed by atoms with van der Waals surface area (Å²) in [7, 11) is 0. The van der Waals surface area contributed by atoms with E-state index >= 15 is 0 Å². The summed E-state index contributed by atoms with van der Waals surface area (Å²) in [4.78, 5) is 53.2. The first kappa shape index (κ1) is 27.9. The van der Waals surface area contributed by atoms with Gasteiger partial charge in [-0.05, 0) is 46.0 Å². The van der Waals surface area contributed by atoms with Gasteiger partial charge >= 0.3 is 0 Å². The molecule has 8 rings (SSSR count). The number of halogens is 2. The molecule has 1 saturated heterocycles. The van der Waals surface area contributed by atoms with E-state index in [0.717, 1.165) is 27.2 Å². The molecule has 0 radical (unpaired) electrons. The Morgan fingerprint density at radius 1 is 0.932 bits per heavy atom. The van der Waals surface area contributed by atoms with Gasteiger partial charge in [-0.1, -0.05) is 83.9 Å². The van der Waals surface area contributed by atoms with Crippen molar-refractivity contribution in [1.82, 2.24) is 5.43 Å². The molecule has 2 bridgehead atoms. The molecular formula is C33H22Cl2N4O5. The van der Waals surface area contributed by atoms with E-state index in [1.54, 1.807) is 18.3 Å². The fourth-order valence-corrected chi connectivity index (χ4v) is 7.61. The number of imide groups is 1. The number of nitrogens with one attached hydrogen (secondary N) is 1. The molecule has 0 spiro atoms. The minimum Gasteiger partial charge on any atom is -0.274 e. The van der Waals surface area contributed by atoms with Crippen molar-refractivity contribution in [3.63, 3.8) is 0 Å². The van der Waals surface area contributed by atoms with Crippen LogP contribution in [0.15, 0.2) is 96.1 Å². The van der Waals surface area contributed by atoms with Crippen LogP contribution in [-0.4, -0.2) is 28.9 Å². The zero-order valence-electron chi connectivity index (χ0n) is 22.8. The van der Waals surface area contributed by atoms with Gasteiger partial charge in [0.05, 0.1) is 39.3 Å². The van der Waals surface area contributed by atoms with Crippen molar-refractivity contribution in [2.45, 2.75) is 17.8 Å². The van der Waals surface area contributed by atoms with E-state index in [-0.39, 0.29) is 34.6 Å². The molecule has 0 aromatic heterocycles. The second-order valence-corrected chi connectivity index (χ2v) is 11.9. The molecule has 9 nitrogen and oxygen atoms in total. The molecule has 1 aliphatic heterocycles. The van der Waals surface area contributed by atoms with Gasteiger partial charge in [0.2, 0.25) is 17.7 Å². The number of non-ortho nitro benzene ring substituents is 1. The number of hydrazone groups is 1. The predicted octanol–water partition coefficient (Wildman–Crippen LogP) is 5.80. The molecule has 11 heteroatoms. The molecule has 4 aromatic carbocycles. The van der Waals surface area contributed by atoms with Crippen LogP contribution in [0.5, 0.6) is 0 Å². The molecule has 3 amide bonds. The van der Waals surface area contributed by atoms with Crippen LogP contribution in [-0.2, 0) is 26.2 Å². The maximum atomic E-state index is 14.4. The Bertz CT molecular complexity index is 1880.